The predicted octanol–water partition coefficient (Wildman–Crippen LogP) is 11.1. The van der Waals surface area contributed by atoms with E-state index in [4.69, 9.17) is 4.98 Å². The number of aryl methyl sites for hydroxylation is 4. The van der Waals surface area contributed by atoms with Crippen molar-refractivity contribution in [1.29, 1.82) is 0 Å². The molecule has 0 saturated carbocycles. The average molecular weight is 1030 g/mol. The van der Waals surface area contributed by atoms with Crippen LogP contribution >= 0.6 is 0 Å². The first-order valence-corrected chi connectivity index (χ1v) is 25.4. The molecule has 3 aliphatic rings. The van der Waals surface area contributed by atoms with E-state index < -0.39 is 22.1 Å². The molecule has 6 aromatic heterocycles. The van der Waals surface area contributed by atoms with Gasteiger partial charge in [-0.15, -0.1) is 0 Å². The molecular weight excluding hydrogens is 968 g/mol. The molecule has 15 nitrogen and oxygen atoms in total. The highest BCUT2D eigenvalue weighted by molar-refractivity contribution is 6.09. The largest absolute Gasteiger partial charge is 0.314 e. The Balaban J connectivity index is 0.000000131. The molecule has 3 aliphatic heterocycles. The second kappa shape index (κ2) is 19.0. The Morgan fingerprint density at radius 3 is 1.44 bits per heavy atom. The van der Waals surface area contributed by atoms with Crippen molar-refractivity contribution in [2.75, 3.05) is 35.8 Å². The predicted molar refractivity (Wildman–Crippen MR) is 299 cm³/mol. The summed E-state index contributed by atoms with van der Waals surface area (Å²) in [6.07, 6.45) is 10.2. The number of nitrogens with one attached hydrogen (secondary N) is 1. The molecule has 16 heteroatoms. The van der Waals surface area contributed by atoms with E-state index in [0.29, 0.717) is 11.5 Å². The van der Waals surface area contributed by atoms with Crippen molar-refractivity contribution >= 4 is 34.8 Å². The fourth-order valence-corrected chi connectivity index (χ4v) is 10.6. The Labute approximate surface area is 447 Å². The molecule has 1 N–H and O–H groups in total. The van der Waals surface area contributed by atoms with Crippen LogP contribution in [0.1, 0.15) is 81.3 Å². The number of hydrogen-bond acceptors (Lipinski definition) is 9. The summed E-state index contributed by atoms with van der Waals surface area (Å²) in [7, 11) is 5.45. The lowest BCUT2D eigenvalue weighted by Gasteiger charge is -2.16. The van der Waals surface area contributed by atoms with Gasteiger partial charge in [-0.05, 0) is 141 Å². The van der Waals surface area contributed by atoms with E-state index in [1.54, 1.807) is 44.8 Å². The normalized spacial score (nSPS) is 15.5. The van der Waals surface area contributed by atoms with Gasteiger partial charge in [0.1, 0.15) is 11.6 Å². The van der Waals surface area contributed by atoms with Gasteiger partial charge in [0.15, 0.2) is 5.82 Å². The van der Waals surface area contributed by atoms with Gasteiger partial charge in [0, 0.05) is 103 Å². The maximum absolute atomic E-state index is 14.1. The van der Waals surface area contributed by atoms with Crippen LogP contribution in [0, 0.1) is 33.5 Å². The van der Waals surface area contributed by atoms with Crippen molar-refractivity contribution in [3.05, 3.63) is 174 Å². The van der Waals surface area contributed by atoms with Gasteiger partial charge < -0.3 is 23.8 Å². The monoisotopic (exact) mass is 1030 g/mol. The molecule has 0 aliphatic carbocycles. The highest BCUT2D eigenvalue weighted by Crippen LogP contribution is 2.45. The number of H-pyrrole nitrogens is 1. The van der Waals surface area contributed by atoms with Gasteiger partial charge in [0.05, 0.1) is 56.6 Å². The fraction of sp³-hybridized carbons (Fsp3) is 0.262. The minimum atomic E-state index is -0.530. The summed E-state index contributed by atoms with van der Waals surface area (Å²) in [5.41, 5.74) is 15.1. The Morgan fingerprint density at radius 1 is 0.481 bits per heavy atom. The van der Waals surface area contributed by atoms with Crippen molar-refractivity contribution < 1.29 is 18.8 Å². The smallest absolute Gasteiger partial charge is 0.236 e. The van der Waals surface area contributed by atoms with Gasteiger partial charge in [0.25, 0.3) is 0 Å². The number of benzene rings is 3. The number of halogens is 1. The number of anilines is 3. The number of carbonyl (C=O) groups is 3. The van der Waals surface area contributed by atoms with E-state index in [2.05, 4.69) is 52.9 Å². The van der Waals surface area contributed by atoms with Crippen molar-refractivity contribution in [2.24, 2.45) is 0 Å². The Kier molecular flexibility index (Phi) is 12.7. The highest BCUT2D eigenvalue weighted by Gasteiger charge is 2.44. The summed E-state index contributed by atoms with van der Waals surface area (Å²) in [6, 6.07) is 29.8. The van der Waals surface area contributed by atoms with E-state index in [0.717, 1.165) is 102 Å². The van der Waals surface area contributed by atoms with Crippen molar-refractivity contribution in [3.8, 4) is 56.4 Å². The zero-order valence-corrected chi connectivity index (χ0v) is 45.6. The molecular formula is C61H61FN12O3. The van der Waals surface area contributed by atoms with Crippen LogP contribution in [-0.2, 0) is 30.6 Å². The summed E-state index contributed by atoms with van der Waals surface area (Å²) < 4.78 is 17.8. The molecule has 0 spiro atoms. The third kappa shape index (κ3) is 8.96. The van der Waals surface area contributed by atoms with Gasteiger partial charge in [-0.2, -0.15) is 5.10 Å². The minimum Gasteiger partial charge on any atom is -0.314 e. The number of likely N-dealkylation sites (N-methyl/N-ethyl adjacent to an activating group) is 3. The fourth-order valence-electron chi connectivity index (χ4n) is 10.6. The Hall–Kier alpha value is -8.92. The first kappa shape index (κ1) is 51.6. The lowest BCUT2D eigenvalue weighted by molar-refractivity contribution is -0.122. The maximum Gasteiger partial charge on any atom is 0.236 e. The minimum absolute atomic E-state index is 0.0743. The molecule has 0 saturated heterocycles. The molecule has 390 valence electrons. The first-order valence-electron chi connectivity index (χ1n) is 25.4. The third-order valence-corrected chi connectivity index (χ3v) is 15.2. The highest BCUT2D eigenvalue weighted by atomic mass is 19.1. The molecule has 0 atom stereocenters. The van der Waals surface area contributed by atoms with Crippen molar-refractivity contribution in [1.82, 2.24) is 44.3 Å². The summed E-state index contributed by atoms with van der Waals surface area (Å²) >= 11 is 0. The summed E-state index contributed by atoms with van der Waals surface area (Å²) in [4.78, 5) is 64.3. The van der Waals surface area contributed by atoms with Gasteiger partial charge in [-0.3, -0.25) is 34.4 Å². The van der Waals surface area contributed by atoms with Crippen LogP contribution in [0.3, 0.4) is 0 Å². The molecule has 77 heavy (non-hydrogen) atoms. The standard InChI is InChI=1S/C21H22N4O.C20H19FN4O.C20H20N4O/c1-13-10-16(8-9-22-13)25-12-18(23-14(25)2)15-6-7-17-19(11-15)24(5)20(26)21(17,3)4;1-12-23-16(11-25(12)17-7-8-22-10-15(17)21)13-5-6-14-18(9-13)24(4)19(26)20(14,2)3;1-12-5-6-14(11-21-12)17-10-16(22-23-17)13-7-8-15-18(9-13)24(4)19(25)20(15,2)3/h6-12H,1-5H3;5-11H,1-4H3;5-11H,1-4H3,(H,22,23). The third-order valence-electron chi connectivity index (χ3n) is 15.2. The first-order chi connectivity index (χ1) is 36.5. The average Bonchev–Trinajstić information content (AvgIpc) is 4.38. The second-order valence-electron chi connectivity index (χ2n) is 21.6. The number of rotatable bonds is 6. The lowest BCUT2D eigenvalue weighted by Crippen LogP contribution is -2.33. The number of imidazole rings is 2. The van der Waals surface area contributed by atoms with Crippen LogP contribution in [0.2, 0.25) is 0 Å². The Morgan fingerprint density at radius 2 is 0.961 bits per heavy atom. The van der Waals surface area contributed by atoms with Gasteiger partial charge in [-0.1, -0.05) is 36.4 Å². The van der Waals surface area contributed by atoms with Gasteiger partial charge in [-0.25, -0.2) is 14.4 Å². The van der Waals surface area contributed by atoms with Crippen LogP contribution in [0.5, 0.6) is 0 Å². The number of aromatic nitrogens is 9. The number of nitrogens with zero attached hydrogens (tertiary/aromatic N) is 11. The topological polar surface area (TPSA) is 164 Å². The molecule has 3 aromatic carbocycles. The van der Waals surface area contributed by atoms with Crippen molar-refractivity contribution in [2.45, 2.75) is 85.5 Å². The van der Waals surface area contributed by atoms with Crippen LogP contribution in [0.25, 0.3) is 56.4 Å². The molecule has 9 heterocycles. The van der Waals surface area contributed by atoms with Crippen molar-refractivity contribution in [3.63, 3.8) is 0 Å². The zero-order valence-electron chi connectivity index (χ0n) is 45.6. The summed E-state index contributed by atoms with van der Waals surface area (Å²) in [6.45, 7) is 19.5. The van der Waals surface area contributed by atoms with E-state index in [-0.39, 0.29) is 17.7 Å². The van der Waals surface area contributed by atoms with E-state index in [9.17, 15) is 18.8 Å². The van der Waals surface area contributed by atoms with Crippen LogP contribution < -0.4 is 14.7 Å². The zero-order chi connectivity index (χ0) is 55.0. The number of carbonyl (C=O) groups excluding carboxylic acids is 3. The van der Waals surface area contributed by atoms with Crippen LogP contribution in [0.4, 0.5) is 21.5 Å². The summed E-state index contributed by atoms with van der Waals surface area (Å²) in [5.74, 6) is 1.50. The van der Waals surface area contributed by atoms with Gasteiger partial charge in [0.2, 0.25) is 17.7 Å². The quantitative estimate of drug-likeness (QED) is 0.171. The number of hydrogen-bond donors (Lipinski definition) is 1. The molecule has 0 bridgehead atoms. The SMILES string of the molecule is Cc1cc(-n2cc(-c3ccc4c(c3)N(C)C(=O)C4(C)C)nc2C)ccn1.Cc1ccc(-c2cc(-c3ccc4c(c3)N(C)C(=O)C4(C)C)n[nH]2)cn1.Cc1nc(-c2ccc3c(c2)N(C)C(=O)C3(C)C)cn1-c1ccncc1F. The number of fused-ring (bicyclic) bond motifs is 3. The molecule has 0 unspecified atom stereocenters. The lowest BCUT2D eigenvalue weighted by atomic mass is 9.85. The second-order valence-corrected chi connectivity index (χ2v) is 21.6. The molecule has 12 rings (SSSR count). The molecule has 9 aromatic rings. The van der Waals surface area contributed by atoms with E-state index >= 15 is 0 Å². The summed E-state index contributed by atoms with van der Waals surface area (Å²) in [5, 5.41) is 7.51. The van der Waals surface area contributed by atoms with E-state index in [1.165, 1.54) is 6.20 Å². The van der Waals surface area contributed by atoms with Crippen LogP contribution in [0.15, 0.2) is 128 Å². The molecule has 0 radical (unpaired) electrons. The van der Waals surface area contributed by atoms with Crippen LogP contribution in [-0.4, -0.2) is 83.1 Å². The number of pyridine rings is 3. The molecule has 3 amide bonds. The van der Waals surface area contributed by atoms with E-state index in [1.807, 2.05) is 169 Å². The number of amides is 3. The number of aromatic amines is 1. The maximum atomic E-state index is 14.1. The van der Waals surface area contributed by atoms with Gasteiger partial charge >= 0.3 is 0 Å². The Bertz CT molecular complexity index is 3830. The molecule has 0 fully saturated rings.